The number of aromatic nitrogens is 2. The van der Waals surface area contributed by atoms with Crippen molar-refractivity contribution in [3.63, 3.8) is 0 Å². The van der Waals surface area contributed by atoms with E-state index in [-0.39, 0.29) is 5.41 Å². The zero-order valence-corrected chi connectivity index (χ0v) is 13.0. The quantitative estimate of drug-likeness (QED) is 0.743. The molecular formula is C15H19N3O2S. The van der Waals surface area contributed by atoms with Crippen molar-refractivity contribution < 1.29 is 0 Å². The summed E-state index contributed by atoms with van der Waals surface area (Å²) in [4.78, 5) is 27.9. The summed E-state index contributed by atoms with van der Waals surface area (Å²) < 4.78 is 0. The Morgan fingerprint density at radius 1 is 1.19 bits per heavy atom. The van der Waals surface area contributed by atoms with E-state index in [0.29, 0.717) is 17.1 Å². The van der Waals surface area contributed by atoms with Gasteiger partial charge in [0, 0.05) is 17.5 Å². The Morgan fingerprint density at radius 3 is 2.62 bits per heavy atom. The fourth-order valence-corrected chi connectivity index (χ4v) is 4.19. The summed E-state index contributed by atoms with van der Waals surface area (Å²) in [6.45, 7) is 4.57. The van der Waals surface area contributed by atoms with Crippen LogP contribution in [0.5, 0.6) is 0 Å². The summed E-state index contributed by atoms with van der Waals surface area (Å²) >= 11 is 1.96. The number of aromatic amines is 2. The van der Waals surface area contributed by atoms with Gasteiger partial charge in [-0.25, -0.2) is 0 Å². The van der Waals surface area contributed by atoms with Crippen LogP contribution in [0.15, 0.2) is 27.8 Å². The molecule has 0 aliphatic carbocycles. The lowest BCUT2D eigenvalue weighted by atomic mass is 9.82. The molecule has 0 spiro atoms. The molecule has 2 aromatic rings. The normalized spacial score (nSPS) is 21.3. The fraction of sp³-hybridized carbons (Fsp3) is 0.467. The maximum absolute atomic E-state index is 11.4. The van der Waals surface area contributed by atoms with Gasteiger partial charge in [-0.1, -0.05) is 13.8 Å². The van der Waals surface area contributed by atoms with Crippen LogP contribution in [0.4, 0.5) is 5.69 Å². The van der Waals surface area contributed by atoms with E-state index < -0.39 is 11.1 Å². The number of anilines is 1. The molecular weight excluding hydrogens is 286 g/mol. The minimum absolute atomic E-state index is 0.249. The predicted molar refractivity (Wildman–Crippen MR) is 88.3 cm³/mol. The first-order valence-electron chi connectivity index (χ1n) is 7.06. The van der Waals surface area contributed by atoms with Crippen molar-refractivity contribution in [3.8, 4) is 0 Å². The summed E-state index contributed by atoms with van der Waals surface area (Å²) in [7, 11) is 0. The van der Waals surface area contributed by atoms with Gasteiger partial charge in [0.05, 0.1) is 11.0 Å². The summed E-state index contributed by atoms with van der Waals surface area (Å²) in [5.41, 5.74) is 1.26. The molecule has 3 N–H and O–H groups in total. The van der Waals surface area contributed by atoms with Gasteiger partial charge < -0.3 is 15.3 Å². The molecule has 1 aromatic carbocycles. The van der Waals surface area contributed by atoms with E-state index in [1.165, 1.54) is 12.2 Å². The van der Waals surface area contributed by atoms with Crippen LogP contribution in [0.1, 0.15) is 20.3 Å². The topological polar surface area (TPSA) is 77.8 Å². The number of rotatable bonds is 2. The largest absolute Gasteiger partial charge is 0.381 e. The lowest BCUT2D eigenvalue weighted by Crippen LogP contribution is -2.41. The number of H-pyrrole nitrogens is 2. The summed E-state index contributed by atoms with van der Waals surface area (Å²) in [5.74, 6) is 2.28. The maximum atomic E-state index is 11.4. The van der Waals surface area contributed by atoms with Crippen molar-refractivity contribution in [2.45, 2.75) is 26.3 Å². The van der Waals surface area contributed by atoms with Crippen LogP contribution in [0.25, 0.3) is 11.0 Å². The Kier molecular flexibility index (Phi) is 3.57. The highest BCUT2D eigenvalue weighted by atomic mass is 32.2. The zero-order valence-electron chi connectivity index (χ0n) is 12.2. The van der Waals surface area contributed by atoms with Crippen LogP contribution in [-0.2, 0) is 0 Å². The molecule has 0 saturated carbocycles. The number of hydrogen-bond acceptors (Lipinski definition) is 4. The van der Waals surface area contributed by atoms with Crippen molar-refractivity contribution in [1.29, 1.82) is 0 Å². The van der Waals surface area contributed by atoms with E-state index in [2.05, 4.69) is 29.1 Å². The monoisotopic (exact) mass is 305 g/mol. The third kappa shape index (κ3) is 2.85. The van der Waals surface area contributed by atoms with Gasteiger partial charge in [-0.3, -0.25) is 9.59 Å². The molecule has 1 aliphatic rings. The number of hydrogen-bond donors (Lipinski definition) is 3. The van der Waals surface area contributed by atoms with Crippen LogP contribution in [0.2, 0.25) is 0 Å². The van der Waals surface area contributed by atoms with E-state index in [1.807, 2.05) is 30.0 Å². The van der Waals surface area contributed by atoms with Gasteiger partial charge in [-0.05, 0) is 35.8 Å². The maximum Gasteiger partial charge on any atom is 0.314 e. The molecule has 0 amide bonds. The fourth-order valence-electron chi connectivity index (χ4n) is 2.58. The van der Waals surface area contributed by atoms with E-state index in [4.69, 9.17) is 0 Å². The van der Waals surface area contributed by atoms with E-state index in [1.54, 1.807) is 0 Å². The van der Waals surface area contributed by atoms with Crippen molar-refractivity contribution in [3.05, 3.63) is 38.9 Å². The lowest BCUT2D eigenvalue weighted by molar-refractivity contribution is 0.305. The van der Waals surface area contributed by atoms with Gasteiger partial charge in [0.25, 0.3) is 0 Å². The molecule has 0 radical (unpaired) electrons. The lowest BCUT2D eigenvalue weighted by Gasteiger charge is -2.39. The second-order valence-corrected chi connectivity index (χ2v) is 7.33. The Morgan fingerprint density at radius 2 is 1.90 bits per heavy atom. The number of nitrogens with one attached hydrogen (secondary N) is 3. The average Bonchev–Trinajstić information content (AvgIpc) is 2.43. The molecule has 6 heteroatoms. The first kappa shape index (κ1) is 14.3. The molecule has 2 heterocycles. The molecule has 1 aliphatic heterocycles. The van der Waals surface area contributed by atoms with Crippen LogP contribution in [0.3, 0.4) is 0 Å². The Balaban J connectivity index is 1.92. The highest BCUT2D eigenvalue weighted by molar-refractivity contribution is 7.99. The highest BCUT2D eigenvalue weighted by Gasteiger charge is 2.32. The molecule has 0 bridgehead atoms. The average molecular weight is 305 g/mol. The van der Waals surface area contributed by atoms with E-state index in [9.17, 15) is 9.59 Å². The Labute approximate surface area is 126 Å². The van der Waals surface area contributed by atoms with Gasteiger partial charge in [-0.2, -0.15) is 11.8 Å². The Hall–Kier alpha value is -1.69. The number of benzene rings is 1. The molecule has 1 unspecified atom stereocenters. The van der Waals surface area contributed by atoms with Gasteiger partial charge >= 0.3 is 11.1 Å². The highest BCUT2D eigenvalue weighted by Crippen LogP contribution is 2.36. The predicted octanol–water partition coefficient (Wildman–Crippen LogP) is 2.16. The van der Waals surface area contributed by atoms with Crippen molar-refractivity contribution in [2.75, 3.05) is 16.8 Å². The van der Waals surface area contributed by atoms with E-state index in [0.717, 1.165) is 11.4 Å². The van der Waals surface area contributed by atoms with Crippen LogP contribution in [0, 0.1) is 5.41 Å². The van der Waals surface area contributed by atoms with Crippen LogP contribution < -0.4 is 16.4 Å². The van der Waals surface area contributed by atoms with Gasteiger partial charge in [0.2, 0.25) is 0 Å². The second-order valence-electron chi connectivity index (χ2n) is 6.18. The smallest absolute Gasteiger partial charge is 0.314 e. The Bertz CT molecular complexity index is 778. The van der Waals surface area contributed by atoms with Crippen molar-refractivity contribution in [1.82, 2.24) is 9.97 Å². The van der Waals surface area contributed by atoms with Gasteiger partial charge in [0.15, 0.2) is 0 Å². The molecule has 112 valence electrons. The molecule has 21 heavy (non-hydrogen) atoms. The second kappa shape index (κ2) is 5.26. The minimum Gasteiger partial charge on any atom is -0.381 e. The first-order valence-corrected chi connectivity index (χ1v) is 8.22. The van der Waals surface area contributed by atoms with Crippen molar-refractivity contribution in [2.24, 2.45) is 5.41 Å². The number of fused-ring (bicyclic) bond motifs is 1. The minimum atomic E-state index is -0.618. The summed E-state index contributed by atoms with van der Waals surface area (Å²) in [6.07, 6.45) is 1.19. The molecule has 1 fully saturated rings. The number of thioether (sulfide) groups is 1. The first-order chi connectivity index (χ1) is 9.95. The SMILES string of the molecule is CC1(C)CCSCC1Nc1ccc2[nH]c(=O)c(=O)[nH]c2c1. The molecule has 1 saturated heterocycles. The van der Waals surface area contributed by atoms with Gasteiger partial charge in [-0.15, -0.1) is 0 Å². The van der Waals surface area contributed by atoms with E-state index >= 15 is 0 Å². The van der Waals surface area contributed by atoms with Gasteiger partial charge in [0.1, 0.15) is 0 Å². The van der Waals surface area contributed by atoms with Crippen molar-refractivity contribution >= 4 is 28.5 Å². The third-order valence-electron chi connectivity index (χ3n) is 4.18. The summed E-state index contributed by atoms with van der Waals surface area (Å²) in [6, 6.07) is 6.02. The summed E-state index contributed by atoms with van der Waals surface area (Å²) in [5, 5.41) is 3.56. The molecule has 3 rings (SSSR count). The molecule has 5 nitrogen and oxygen atoms in total. The van der Waals surface area contributed by atoms with Crippen LogP contribution in [-0.4, -0.2) is 27.5 Å². The third-order valence-corrected chi connectivity index (χ3v) is 5.24. The molecule has 1 atom stereocenters. The standard InChI is InChI=1S/C15H19N3O2S/c1-15(2)5-6-21-8-12(15)16-9-3-4-10-11(7-9)18-14(20)13(19)17-10/h3-4,7,12,16H,5-6,8H2,1-2H3,(H,17,19)(H,18,20). The zero-order chi connectivity index (χ0) is 15.0. The molecule has 1 aromatic heterocycles. The van der Waals surface area contributed by atoms with Crippen LogP contribution >= 0.6 is 11.8 Å².